The molecule has 0 unspecified atom stereocenters. The van der Waals surface area contributed by atoms with E-state index >= 15 is 0 Å². The molecule has 47 heteroatoms. The van der Waals surface area contributed by atoms with Crippen LogP contribution in [0.2, 0.25) is 0 Å². The smallest absolute Gasteiger partial charge is 0.323 e. The zero-order chi connectivity index (χ0) is 81.5. The maximum atomic E-state index is 13.6. The van der Waals surface area contributed by atoms with E-state index in [0.717, 1.165) is 82.4 Å². The molecule has 580 valence electrons. The van der Waals surface area contributed by atoms with Gasteiger partial charge < -0.3 is 20.1 Å². The summed E-state index contributed by atoms with van der Waals surface area (Å²) >= 11 is 0. The summed E-state index contributed by atoms with van der Waals surface area (Å²) in [5, 5.41) is 38.1. The topological polar surface area (TPSA) is 605 Å². The van der Waals surface area contributed by atoms with Gasteiger partial charge in [-0.05, 0) is 144 Å². The van der Waals surface area contributed by atoms with Gasteiger partial charge in [-0.2, -0.15) is 97.4 Å². The molecule has 12 rings (SSSR count). The summed E-state index contributed by atoms with van der Waals surface area (Å²) in [7, 11) is -38.1. The molecular weight excluding hydrogens is 1640 g/mol. The van der Waals surface area contributed by atoms with Crippen LogP contribution in [0.5, 0.6) is 11.5 Å². The second-order valence-electron chi connectivity index (χ2n) is 23.9. The van der Waals surface area contributed by atoms with Crippen molar-refractivity contribution in [1.29, 1.82) is 0 Å². The van der Waals surface area contributed by atoms with E-state index in [1.165, 1.54) is 99.1 Å². The number of carbonyl (C=O) groups is 1. The molecule has 0 aliphatic carbocycles. The molecule has 10 aromatic carbocycles. The van der Waals surface area contributed by atoms with Crippen molar-refractivity contribution in [1.82, 2.24) is 30.0 Å². The highest BCUT2D eigenvalue weighted by molar-refractivity contribution is 7.88. The Morgan fingerprint density at radius 3 is 0.991 bits per heavy atom. The third kappa shape index (κ3) is 17.0. The number of azo groups is 2. The van der Waals surface area contributed by atoms with Gasteiger partial charge in [0.15, 0.2) is 0 Å². The third-order valence-corrected chi connectivity index (χ3v) is 23.6. The first-order chi connectivity index (χ1) is 52.1. The summed E-state index contributed by atoms with van der Waals surface area (Å²) in [6, 6.07) is 26.0. The van der Waals surface area contributed by atoms with E-state index in [2.05, 4.69) is 51.5 Å². The number of aryl methyl sites for hydroxylation is 2. The highest BCUT2D eigenvalue weighted by Crippen LogP contribution is 2.40. The standard InChI is InChI=1S/C65H50N12O27S8/c1-33-21-53(55(103-3)31-51(33)70-68-39-13-9-35(57(23-39)107(85,86)87)5-7-37-11-15-41(25-59(37)109(91,92)93)76-72-49-19-17-45-47(63(49)74-76)27-43(105(79,80)81)29-61(45)111(97,98)99)66-65(78)67-54-22-34(2)52(32-56(54)104-4)71-69-40-14-10-36(58(24-40)108(88,89)90)6-8-38-12-16-42(26-60(38)110(94,95)96)77-73-50-20-18-46-48(64(50)75-77)28-44(106(82,83)84)30-62(46)112(100,101)102/h5-32H,1-4H3,(H2,66,67,78)(H,79,80,81)(H,82,83,84)(H,85,86,87)(H,88,89,90)(H,91,92,93)(H,94,95,96)(H,97,98,99)(H,100,101,102)/b7-5+,8-6+,70-68?,71-69?. The predicted octanol–water partition coefficient (Wildman–Crippen LogP) is 10.9. The van der Waals surface area contributed by atoms with E-state index in [4.69, 9.17) is 9.47 Å². The van der Waals surface area contributed by atoms with Crippen molar-refractivity contribution < 1.29 is 118 Å². The Hall–Kier alpha value is -11.7. The van der Waals surface area contributed by atoms with Gasteiger partial charge in [-0.25, -0.2) is 4.79 Å². The molecule has 112 heavy (non-hydrogen) atoms. The van der Waals surface area contributed by atoms with Gasteiger partial charge in [0.05, 0.1) is 69.5 Å². The lowest BCUT2D eigenvalue weighted by Crippen LogP contribution is -2.20. The molecule has 0 aliphatic rings. The highest BCUT2D eigenvalue weighted by atomic mass is 32.2. The van der Waals surface area contributed by atoms with Crippen molar-refractivity contribution in [2.24, 2.45) is 20.5 Å². The summed E-state index contributed by atoms with van der Waals surface area (Å²) in [5.74, 6) is 0.0953. The molecule has 39 nitrogen and oxygen atoms in total. The van der Waals surface area contributed by atoms with Crippen LogP contribution in [-0.4, -0.2) is 154 Å². The van der Waals surface area contributed by atoms with Gasteiger partial charge in [-0.15, -0.1) is 20.4 Å². The quantitative estimate of drug-likeness (QED) is 0.0171. The lowest BCUT2D eigenvalue weighted by atomic mass is 10.1. The molecule has 0 fully saturated rings. The number of nitrogens with one attached hydrogen (secondary N) is 2. The number of rotatable bonds is 22. The lowest BCUT2D eigenvalue weighted by Gasteiger charge is -2.15. The maximum absolute atomic E-state index is 13.6. The zero-order valence-electron chi connectivity index (χ0n) is 56.7. The second kappa shape index (κ2) is 29.2. The van der Waals surface area contributed by atoms with Crippen LogP contribution < -0.4 is 20.1 Å². The van der Waals surface area contributed by atoms with Crippen molar-refractivity contribution in [2.45, 2.75) is 53.0 Å². The SMILES string of the molecule is COc1cc(N=Nc2ccc(/C=C/c3ccc(-n4nc5ccc6c(S(=O)(=O)O)cc(S(=O)(=O)O)cc6c5n4)cc3S(=O)(=O)O)c(S(=O)(=O)O)c2)c(C)cc1NC(=O)Nc1cc(C)c(N=Nc2ccc(/C=C/c3ccc(-n4nc5ccc6c(S(=O)(=O)O)cc(S(=O)(=O)O)cc6c5n4)cc3S(=O)(=O)O)c(S(=O)(=O)O)c2)cc1OC. The lowest BCUT2D eigenvalue weighted by molar-refractivity contribution is 0.262. The van der Waals surface area contributed by atoms with Gasteiger partial charge in [-0.3, -0.25) is 36.4 Å². The Morgan fingerprint density at radius 2 is 0.679 bits per heavy atom. The van der Waals surface area contributed by atoms with Gasteiger partial charge in [0.1, 0.15) is 62.9 Å². The van der Waals surface area contributed by atoms with E-state index < -0.39 is 126 Å². The zero-order valence-corrected chi connectivity index (χ0v) is 63.3. The van der Waals surface area contributed by atoms with Gasteiger partial charge >= 0.3 is 6.03 Å². The minimum absolute atomic E-state index is 0.0147. The third-order valence-electron chi connectivity index (χ3n) is 16.5. The predicted molar refractivity (Wildman–Crippen MR) is 398 cm³/mol. The summed E-state index contributed by atoms with van der Waals surface area (Å²) in [6.45, 7) is 3.16. The molecule has 2 aromatic heterocycles. The monoisotopic (exact) mass is 1690 g/mol. The number of urea groups is 1. The van der Waals surface area contributed by atoms with Gasteiger partial charge in [0, 0.05) is 33.7 Å². The van der Waals surface area contributed by atoms with E-state index in [9.17, 15) is 109 Å². The van der Waals surface area contributed by atoms with Gasteiger partial charge in [0.2, 0.25) is 0 Å². The summed E-state index contributed by atoms with van der Waals surface area (Å²) in [6.07, 6.45) is 4.35. The van der Waals surface area contributed by atoms with Crippen LogP contribution in [-0.2, 0) is 80.9 Å². The molecule has 0 radical (unpaired) electrons. The number of fused-ring (bicyclic) bond motifs is 6. The Balaban J connectivity index is 0.730. The number of hydrogen-bond acceptors (Lipinski definition) is 27. The molecule has 12 aromatic rings. The Morgan fingerprint density at radius 1 is 0.357 bits per heavy atom. The molecule has 2 amide bonds. The molecule has 0 saturated carbocycles. The van der Waals surface area contributed by atoms with Crippen LogP contribution in [0.25, 0.3) is 79.3 Å². The number of carbonyl (C=O) groups excluding carboxylic acids is 1. The van der Waals surface area contributed by atoms with Crippen molar-refractivity contribution in [3.8, 4) is 22.9 Å². The van der Waals surface area contributed by atoms with E-state index in [1.807, 2.05) is 0 Å². The largest absolute Gasteiger partial charge is 0.494 e. The van der Waals surface area contributed by atoms with Crippen LogP contribution in [0.3, 0.4) is 0 Å². The van der Waals surface area contributed by atoms with Crippen LogP contribution in [0.1, 0.15) is 33.4 Å². The first-order valence-corrected chi connectivity index (χ1v) is 42.4. The summed E-state index contributed by atoms with van der Waals surface area (Å²) < 4.78 is 292. The molecule has 0 saturated heterocycles. The number of hydrogen-bond donors (Lipinski definition) is 10. The van der Waals surface area contributed by atoms with E-state index in [0.29, 0.717) is 23.3 Å². The average Bonchev–Trinajstić information content (AvgIpc) is 1.47. The number of anilines is 2. The van der Waals surface area contributed by atoms with Crippen LogP contribution >= 0.6 is 0 Å². The highest BCUT2D eigenvalue weighted by Gasteiger charge is 2.28. The molecule has 10 N–H and O–H groups in total. The number of amides is 2. The first kappa shape index (κ1) is 79.9. The Labute approximate surface area is 632 Å². The maximum Gasteiger partial charge on any atom is 0.323 e. The molecule has 0 spiro atoms. The fourth-order valence-corrected chi connectivity index (χ4v) is 16.8. The van der Waals surface area contributed by atoms with Crippen LogP contribution in [0.15, 0.2) is 205 Å². The van der Waals surface area contributed by atoms with Crippen molar-refractivity contribution in [2.75, 3.05) is 24.9 Å². The molecule has 0 bridgehead atoms. The molecule has 2 heterocycles. The second-order valence-corrected chi connectivity index (χ2v) is 35.1. The molecule has 0 atom stereocenters. The average molecular weight is 1690 g/mol. The van der Waals surface area contributed by atoms with Gasteiger partial charge in [0.25, 0.3) is 80.9 Å². The number of benzene rings is 10. The van der Waals surface area contributed by atoms with Crippen molar-refractivity contribution >= 4 is 189 Å². The minimum Gasteiger partial charge on any atom is -0.494 e. The first-order valence-electron chi connectivity index (χ1n) is 30.8. The van der Waals surface area contributed by atoms with Crippen molar-refractivity contribution in [3.63, 3.8) is 0 Å². The number of aromatic nitrogens is 6. The number of nitrogens with zero attached hydrogens (tertiary/aromatic N) is 10. The normalized spacial score (nSPS) is 13.1. The minimum atomic E-state index is -5.12. The fraction of sp³-hybridized carbons (Fsp3) is 0.0615. The number of methoxy groups -OCH3 is 2. The summed E-state index contributed by atoms with van der Waals surface area (Å²) in [5.41, 5.74) is -0.574. The van der Waals surface area contributed by atoms with Crippen LogP contribution in [0.4, 0.5) is 38.9 Å². The fourth-order valence-electron chi connectivity index (χ4n) is 11.3. The Kier molecular flexibility index (Phi) is 20.8. The van der Waals surface area contributed by atoms with E-state index in [1.54, 1.807) is 13.8 Å². The summed E-state index contributed by atoms with van der Waals surface area (Å²) in [4.78, 5) is 8.69. The molecular formula is C65H50N12O27S8. The van der Waals surface area contributed by atoms with Gasteiger partial charge in [-0.1, -0.05) is 60.7 Å². The number of ether oxygens (including phenoxy) is 2. The van der Waals surface area contributed by atoms with Crippen LogP contribution in [0, 0.1) is 13.8 Å². The Bertz CT molecular complexity index is 6790. The molecule has 0 aliphatic heterocycles. The van der Waals surface area contributed by atoms with Crippen molar-refractivity contribution in [3.05, 3.63) is 179 Å². The van der Waals surface area contributed by atoms with E-state index in [-0.39, 0.29) is 123 Å².